The van der Waals surface area contributed by atoms with Crippen LogP contribution in [0, 0.1) is 17.3 Å². The van der Waals surface area contributed by atoms with Gasteiger partial charge in [0.2, 0.25) is 0 Å². The van der Waals surface area contributed by atoms with Crippen molar-refractivity contribution in [2.75, 3.05) is 13.1 Å². The Bertz CT molecular complexity index is 492. The van der Waals surface area contributed by atoms with E-state index in [2.05, 4.69) is 43.4 Å². The van der Waals surface area contributed by atoms with Gasteiger partial charge in [-0.25, -0.2) is 0 Å². The molecule has 0 aromatic heterocycles. The van der Waals surface area contributed by atoms with Crippen molar-refractivity contribution in [1.82, 2.24) is 5.32 Å². The van der Waals surface area contributed by atoms with Crippen molar-refractivity contribution in [3.8, 4) is 0 Å². The van der Waals surface area contributed by atoms with Gasteiger partial charge in [-0.2, -0.15) is 0 Å². The van der Waals surface area contributed by atoms with Crippen LogP contribution in [0.4, 0.5) is 0 Å². The Labute approximate surface area is 127 Å². The molecule has 0 bridgehead atoms. The van der Waals surface area contributed by atoms with Crippen molar-refractivity contribution in [3.05, 3.63) is 35.4 Å². The molecule has 3 nitrogen and oxygen atoms in total. The molecule has 2 rings (SSSR count). The smallest absolute Gasteiger partial charge is 0.310 e. The van der Waals surface area contributed by atoms with E-state index in [1.807, 2.05) is 6.92 Å². The number of carboxylic acid groups (broad SMARTS) is 1. The largest absolute Gasteiger partial charge is 0.481 e. The summed E-state index contributed by atoms with van der Waals surface area (Å²) in [5.74, 6) is 0.152. The molecule has 2 atom stereocenters. The molecule has 0 saturated carbocycles. The van der Waals surface area contributed by atoms with Crippen LogP contribution in [0.5, 0.6) is 0 Å². The molecule has 2 N–H and O–H groups in total. The highest BCUT2D eigenvalue weighted by atomic mass is 16.4. The average Bonchev–Trinajstić information content (AvgIpc) is 2.92. The number of carbonyl (C=O) groups is 1. The standard InChI is InChI=1S/C18H27NO2/c1-13(2)9-14-5-4-6-15(10-14)11-18(3,17(20)21)16-7-8-19-12-16/h4-6,10,13,16,19H,7-9,11-12H2,1-3H3,(H,20,21)/t16-,18-/m0/s1. The minimum absolute atomic E-state index is 0.212. The summed E-state index contributed by atoms with van der Waals surface area (Å²) in [5.41, 5.74) is 1.77. The summed E-state index contributed by atoms with van der Waals surface area (Å²) in [6.07, 6.45) is 2.61. The van der Waals surface area contributed by atoms with Crippen LogP contribution >= 0.6 is 0 Å². The number of aliphatic carboxylic acids is 1. The molecule has 0 spiro atoms. The molecule has 0 radical (unpaired) electrons. The van der Waals surface area contributed by atoms with E-state index >= 15 is 0 Å². The first kappa shape index (κ1) is 16.0. The molecule has 1 aliphatic rings. The second-order valence-corrected chi connectivity index (χ2v) is 7.01. The third-order valence-electron chi connectivity index (χ3n) is 4.66. The quantitative estimate of drug-likeness (QED) is 0.846. The molecule has 1 aromatic carbocycles. The lowest BCUT2D eigenvalue weighted by atomic mass is 9.72. The maximum Gasteiger partial charge on any atom is 0.310 e. The summed E-state index contributed by atoms with van der Waals surface area (Å²) in [4.78, 5) is 11.8. The topological polar surface area (TPSA) is 49.3 Å². The molecule has 0 unspecified atom stereocenters. The molecule has 21 heavy (non-hydrogen) atoms. The van der Waals surface area contributed by atoms with Crippen LogP contribution in [0.15, 0.2) is 24.3 Å². The Morgan fingerprint density at radius 1 is 1.43 bits per heavy atom. The SMILES string of the molecule is CC(C)Cc1cccc(C[C@](C)(C(=O)O)[C@H]2CCNC2)c1. The minimum atomic E-state index is -0.681. The molecular weight excluding hydrogens is 262 g/mol. The second-order valence-electron chi connectivity index (χ2n) is 7.01. The van der Waals surface area contributed by atoms with E-state index in [1.54, 1.807) is 0 Å². The summed E-state index contributed by atoms with van der Waals surface area (Å²) >= 11 is 0. The van der Waals surface area contributed by atoms with Gasteiger partial charge in [0, 0.05) is 0 Å². The predicted octanol–water partition coefficient (Wildman–Crippen LogP) is 3.13. The Hall–Kier alpha value is -1.35. The van der Waals surface area contributed by atoms with Gasteiger partial charge in [0.1, 0.15) is 0 Å². The Morgan fingerprint density at radius 3 is 2.71 bits per heavy atom. The summed E-state index contributed by atoms with van der Waals surface area (Å²) in [6, 6.07) is 8.44. The van der Waals surface area contributed by atoms with Crippen molar-refractivity contribution in [2.45, 2.75) is 40.0 Å². The molecule has 0 aliphatic carbocycles. The van der Waals surface area contributed by atoms with Gasteiger partial charge in [0.15, 0.2) is 0 Å². The highest BCUT2D eigenvalue weighted by Crippen LogP contribution is 2.36. The fraction of sp³-hybridized carbons (Fsp3) is 0.611. The molecule has 116 valence electrons. The first-order chi connectivity index (χ1) is 9.91. The highest BCUT2D eigenvalue weighted by molar-refractivity contribution is 5.75. The van der Waals surface area contributed by atoms with Gasteiger partial charge in [-0.15, -0.1) is 0 Å². The lowest BCUT2D eigenvalue weighted by Gasteiger charge is -2.31. The molecule has 1 aromatic rings. The van der Waals surface area contributed by atoms with Gasteiger partial charge in [0.25, 0.3) is 0 Å². The molecule has 0 amide bonds. The van der Waals surface area contributed by atoms with Crippen LogP contribution in [0.2, 0.25) is 0 Å². The second kappa shape index (κ2) is 6.61. The lowest BCUT2D eigenvalue weighted by molar-refractivity contribution is -0.151. The number of hydrogen-bond donors (Lipinski definition) is 2. The van der Waals surface area contributed by atoms with Crippen LogP contribution in [-0.2, 0) is 17.6 Å². The maximum absolute atomic E-state index is 11.8. The number of hydrogen-bond acceptors (Lipinski definition) is 2. The summed E-state index contributed by atoms with van der Waals surface area (Å²) in [7, 11) is 0. The Morgan fingerprint density at radius 2 is 2.14 bits per heavy atom. The maximum atomic E-state index is 11.8. The molecule has 1 saturated heterocycles. The number of benzene rings is 1. The molecule has 1 fully saturated rings. The van der Waals surface area contributed by atoms with Gasteiger partial charge < -0.3 is 10.4 Å². The highest BCUT2D eigenvalue weighted by Gasteiger charge is 2.42. The third kappa shape index (κ3) is 3.85. The number of nitrogens with one attached hydrogen (secondary N) is 1. The van der Waals surface area contributed by atoms with Crippen molar-refractivity contribution in [3.63, 3.8) is 0 Å². The zero-order valence-electron chi connectivity index (χ0n) is 13.4. The monoisotopic (exact) mass is 289 g/mol. The molecular formula is C18H27NO2. The average molecular weight is 289 g/mol. The van der Waals surface area contributed by atoms with E-state index in [0.717, 1.165) is 31.5 Å². The van der Waals surface area contributed by atoms with Crippen molar-refractivity contribution >= 4 is 5.97 Å². The number of rotatable bonds is 6. The Balaban J connectivity index is 2.18. The van der Waals surface area contributed by atoms with E-state index < -0.39 is 11.4 Å². The zero-order chi connectivity index (χ0) is 15.5. The summed E-state index contributed by atoms with van der Waals surface area (Å²) in [6.45, 7) is 8.06. The summed E-state index contributed by atoms with van der Waals surface area (Å²) in [5, 5.41) is 13.0. The fourth-order valence-corrected chi connectivity index (χ4v) is 3.36. The van der Waals surface area contributed by atoms with E-state index in [1.165, 1.54) is 5.56 Å². The van der Waals surface area contributed by atoms with Crippen molar-refractivity contribution in [2.24, 2.45) is 17.3 Å². The zero-order valence-corrected chi connectivity index (χ0v) is 13.4. The van der Waals surface area contributed by atoms with Crippen molar-refractivity contribution < 1.29 is 9.90 Å². The van der Waals surface area contributed by atoms with Crippen LogP contribution in [0.3, 0.4) is 0 Å². The molecule has 1 heterocycles. The number of carboxylic acids is 1. The molecule has 3 heteroatoms. The van der Waals surface area contributed by atoms with Crippen LogP contribution < -0.4 is 5.32 Å². The summed E-state index contributed by atoms with van der Waals surface area (Å²) < 4.78 is 0. The third-order valence-corrected chi connectivity index (χ3v) is 4.66. The van der Waals surface area contributed by atoms with E-state index in [-0.39, 0.29) is 5.92 Å². The molecule has 1 aliphatic heterocycles. The van der Waals surface area contributed by atoms with Gasteiger partial charge in [-0.05, 0) is 62.2 Å². The van der Waals surface area contributed by atoms with Gasteiger partial charge >= 0.3 is 5.97 Å². The van der Waals surface area contributed by atoms with E-state index in [4.69, 9.17) is 0 Å². The fourth-order valence-electron chi connectivity index (χ4n) is 3.36. The van der Waals surface area contributed by atoms with Gasteiger partial charge in [-0.3, -0.25) is 4.79 Å². The van der Waals surface area contributed by atoms with Crippen molar-refractivity contribution in [1.29, 1.82) is 0 Å². The van der Waals surface area contributed by atoms with E-state index in [9.17, 15) is 9.90 Å². The van der Waals surface area contributed by atoms with Gasteiger partial charge in [-0.1, -0.05) is 38.1 Å². The predicted molar refractivity (Wildman–Crippen MR) is 85.4 cm³/mol. The van der Waals surface area contributed by atoms with E-state index in [0.29, 0.717) is 12.3 Å². The van der Waals surface area contributed by atoms with Crippen LogP contribution in [0.25, 0.3) is 0 Å². The Kier molecular flexibility index (Phi) is 5.04. The first-order valence-electron chi connectivity index (χ1n) is 7.93. The van der Waals surface area contributed by atoms with Crippen LogP contribution in [-0.4, -0.2) is 24.2 Å². The minimum Gasteiger partial charge on any atom is -0.481 e. The lowest BCUT2D eigenvalue weighted by Crippen LogP contribution is -2.39. The first-order valence-corrected chi connectivity index (χ1v) is 7.93. The van der Waals surface area contributed by atoms with Crippen LogP contribution in [0.1, 0.15) is 38.3 Å². The normalized spacial score (nSPS) is 21.4. The van der Waals surface area contributed by atoms with Gasteiger partial charge in [0.05, 0.1) is 5.41 Å².